The van der Waals surface area contributed by atoms with Crippen molar-refractivity contribution in [2.24, 2.45) is 0 Å². The summed E-state index contributed by atoms with van der Waals surface area (Å²) in [6.07, 6.45) is 8.69. The van der Waals surface area contributed by atoms with Crippen LogP contribution in [0.5, 0.6) is 0 Å². The first-order chi connectivity index (χ1) is 6.41. The van der Waals surface area contributed by atoms with Gasteiger partial charge in [-0.1, -0.05) is 45.4 Å². The molecule has 2 N–H and O–H groups in total. The third-order valence-electron chi connectivity index (χ3n) is 1.93. The Balaban J connectivity index is 2.76. The molecule has 4 heteroatoms. The van der Waals surface area contributed by atoms with E-state index in [1.807, 2.05) is 0 Å². The topological polar surface area (TPSA) is 50.7 Å². The molecule has 0 amide bonds. The zero-order valence-electron chi connectivity index (χ0n) is 8.42. The molecule has 0 radical (unpaired) electrons. The van der Waals surface area contributed by atoms with Crippen molar-refractivity contribution < 1.29 is 15.1 Å². The Morgan fingerprint density at radius 3 is 2.23 bits per heavy atom. The molecule has 0 saturated carbocycles. The molecule has 0 atom stereocenters. The van der Waals surface area contributed by atoms with Crippen LogP contribution in [-0.4, -0.2) is 11.8 Å². The molecule has 0 saturated heterocycles. The van der Waals surface area contributed by atoms with Gasteiger partial charge >= 0.3 is 0 Å². The molecule has 0 aromatic heterocycles. The Kier molecular flexibility index (Phi) is 11.7. The third kappa shape index (κ3) is 11.8. The fourth-order valence-electron chi connectivity index (χ4n) is 1.19. The molecule has 0 spiro atoms. The highest BCUT2D eigenvalue weighted by atomic mass is 17.3. The molecular formula is C9H21NO3. The number of unbranched alkanes of at least 4 members (excludes halogenated alkanes) is 6. The molecule has 0 aromatic carbocycles. The van der Waals surface area contributed by atoms with Crippen molar-refractivity contribution in [3.8, 4) is 0 Å². The van der Waals surface area contributed by atoms with Gasteiger partial charge in [0.2, 0.25) is 0 Å². The van der Waals surface area contributed by atoms with E-state index in [9.17, 15) is 0 Å². The van der Waals surface area contributed by atoms with Gasteiger partial charge in [0.05, 0.1) is 6.61 Å². The van der Waals surface area contributed by atoms with Gasteiger partial charge in [-0.25, -0.2) is 4.89 Å². The number of nitrogens with one attached hydrogen (secondary N) is 1. The quantitative estimate of drug-likeness (QED) is 0.316. The summed E-state index contributed by atoms with van der Waals surface area (Å²) in [5.74, 6) is 0. The van der Waals surface area contributed by atoms with Crippen molar-refractivity contribution in [1.29, 1.82) is 0 Å². The van der Waals surface area contributed by atoms with Crippen molar-refractivity contribution in [1.82, 2.24) is 5.64 Å². The Hall–Kier alpha value is -0.160. The molecule has 0 aliphatic rings. The van der Waals surface area contributed by atoms with E-state index in [1.165, 1.54) is 44.2 Å². The fourth-order valence-corrected chi connectivity index (χ4v) is 1.19. The van der Waals surface area contributed by atoms with E-state index in [0.717, 1.165) is 6.42 Å². The van der Waals surface area contributed by atoms with Crippen LogP contribution >= 0.6 is 0 Å². The van der Waals surface area contributed by atoms with Gasteiger partial charge < -0.3 is 0 Å². The van der Waals surface area contributed by atoms with E-state index in [1.54, 1.807) is 0 Å². The molecule has 4 nitrogen and oxygen atoms in total. The Bertz CT molecular complexity index is 80.9. The SMILES string of the molecule is CCCCCCCCCOONO. The molecule has 0 bridgehead atoms. The largest absolute Gasteiger partial charge is 0.290 e. The number of rotatable bonds is 10. The van der Waals surface area contributed by atoms with Gasteiger partial charge in [-0.15, -0.1) is 4.99 Å². The van der Waals surface area contributed by atoms with Crippen LogP contribution in [0.15, 0.2) is 0 Å². The van der Waals surface area contributed by atoms with Crippen LogP contribution < -0.4 is 5.64 Å². The molecule has 0 aromatic rings. The van der Waals surface area contributed by atoms with Crippen LogP contribution in [0.1, 0.15) is 51.9 Å². The van der Waals surface area contributed by atoms with Crippen molar-refractivity contribution in [3.63, 3.8) is 0 Å². The minimum atomic E-state index is 0.529. The minimum Gasteiger partial charge on any atom is -0.290 e. The van der Waals surface area contributed by atoms with Crippen LogP contribution in [-0.2, 0) is 9.88 Å². The van der Waals surface area contributed by atoms with E-state index < -0.39 is 0 Å². The second-order valence-corrected chi connectivity index (χ2v) is 3.12. The molecule has 0 heterocycles. The highest BCUT2D eigenvalue weighted by Gasteiger charge is 1.91. The Morgan fingerprint density at radius 1 is 1.00 bits per heavy atom. The van der Waals surface area contributed by atoms with E-state index in [2.05, 4.69) is 16.8 Å². The lowest BCUT2D eigenvalue weighted by atomic mass is 10.1. The van der Waals surface area contributed by atoms with Gasteiger partial charge in [-0.3, -0.25) is 5.21 Å². The normalized spacial score (nSPS) is 10.6. The number of hydrogen-bond acceptors (Lipinski definition) is 4. The standard InChI is InChI=1S/C9H21NO3/c1-2-3-4-5-6-7-8-9-12-13-10-11/h10-11H,2-9H2,1H3. The molecule has 0 aliphatic heterocycles. The Labute approximate surface area is 80.1 Å². The second kappa shape index (κ2) is 11.8. The van der Waals surface area contributed by atoms with Crippen LogP contribution in [0.4, 0.5) is 0 Å². The average Bonchev–Trinajstić information content (AvgIpc) is 2.16. The van der Waals surface area contributed by atoms with E-state index >= 15 is 0 Å². The zero-order valence-corrected chi connectivity index (χ0v) is 8.42. The fraction of sp³-hybridized carbons (Fsp3) is 1.00. The van der Waals surface area contributed by atoms with Crippen molar-refractivity contribution in [2.45, 2.75) is 51.9 Å². The first-order valence-corrected chi connectivity index (χ1v) is 5.09. The first kappa shape index (κ1) is 12.8. The third-order valence-corrected chi connectivity index (χ3v) is 1.93. The predicted molar refractivity (Wildman–Crippen MR) is 50.0 cm³/mol. The summed E-state index contributed by atoms with van der Waals surface area (Å²) in [6, 6.07) is 0. The van der Waals surface area contributed by atoms with Gasteiger partial charge in [-0.2, -0.15) is 0 Å². The van der Waals surface area contributed by atoms with Gasteiger partial charge in [0.25, 0.3) is 0 Å². The maximum absolute atomic E-state index is 7.97. The van der Waals surface area contributed by atoms with Crippen LogP contribution in [0.3, 0.4) is 0 Å². The monoisotopic (exact) mass is 191 g/mol. The predicted octanol–water partition coefficient (Wildman–Crippen LogP) is 2.58. The smallest absolute Gasteiger partial charge is 0.0843 e. The summed E-state index contributed by atoms with van der Waals surface area (Å²) in [4.78, 5) is 8.63. The lowest BCUT2D eigenvalue weighted by molar-refractivity contribution is -0.390. The van der Waals surface area contributed by atoms with Crippen LogP contribution in [0.25, 0.3) is 0 Å². The molecule has 0 rings (SSSR count). The molecule has 0 unspecified atom stereocenters. The molecular weight excluding hydrogens is 170 g/mol. The molecule has 0 aliphatic carbocycles. The summed E-state index contributed by atoms with van der Waals surface area (Å²) >= 11 is 0. The van der Waals surface area contributed by atoms with Crippen LogP contribution in [0, 0.1) is 0 Å². The first-order valence-electron chi connectivity index (χ1n) is 5.09. The summed E-state index contributed by atoms with van der Waals surface area (Å²) < 4.78 is 0. The maximum Gasteiger partial charge on any atom is 0.0843 e. The summed E-state index contributed by atoms with van der Waals surface area (Å²) in [5, 5.41) is 7.97. The minimum absolute atomic E-state index is 0.529. The summed E-state index contributed by atoms with van der Waals surface area (Å²) in [6.45, 7) is 2.74. The van der Waals surface area contributed by atoms with Crippen molar-refractivity contribution in [2.75, 3.05) is 6.61 Å². The van der Waals surface area contributed by atoms with Gasteiger partial charge in [-0.05, 0) is 12.1 Å². The zero-order chi connectivity index (χ0) is 9.78. The summed E-state index contributed by atoms with van der Waals surface area (Å²) in [7, 11) is 0. The molecule has 0 fully saturated rings. The lowest BCUT2D eigenvalue weighted by Crippen LogP contribution is -2.09. The van der Waals surface area contributed by atoms with Crippen molar-refractivity contribution >= 4 is 0 Å². The highest BCUT2D eigenvalue weighted by Crippen LogP contribution is 2.06. The average molecular weight is 191 g/mol. The Morgan fingerprint density at radius 2 is 1.62 bits per heavy atom. The second-order valence-electron chi connectivity index (χ2n) is 3.12. The maximum atomic E-state index is 7.97. The van der Waals surface area contributed by atoms with E-state index in [0.29, 0.717) is 6.61 Å². The van der Waals surface area contributed by atoms with Crippen molar-refractivity contribution in [3.05, 3.63) is 0 Å². The van der Waals surface area contributed by atoms with E-state index in [-0.39, 0.29) is 0 Å². The van der Waals surface area contributed by atoms with E-state index in [4.69, 9.17) is 5.21 Å². The lowest BCUT2D eigenvalue weighted by Gasteiger charge is -2.01. The molecule has 13 heavy (non-hydrogen) atoms. The number of hydrogen-bond donors (Lipinski definition) is 2. The van der Waals surface area contributed by atoms with Gasteiger partial charge in [0.15, 0.2) is 0 Å². The highest BCUT2D eigenvalue weighted by molar-refractivity contribution is 4.43. The summed E-state index contributed by atoms with van der Waals surface area (Å²) in [5.41, 5.74) is 1.46. The molecule has 80 valence electrons. The van der Waals surface area contributed by atoms with Crippen LogP contribution in [0.2, 0.25) is 0 Å². The van der Waals surface area contributed by atoms with Gasteiger partial charge in [0.1, 0.15) is 0 Å². The van der Waals surface area contributed by atoms with Gasteiger partial charge in [0, 0.05) is 0 Å².